The second kappa shape index (κ2) is 59.1. The molecule has 0 aliphatic heterocycles. The van der Waals surface area contributed by atoms with Crippen LogP contribution in [0.25, 0.3) is 0 Å². The van der Waals surface area contributed by atoms with Crippen LogP contribution in [0.3, 0.4) is 0 Å². The third-order valence-corrected chi connectivity index (χ3v) is 18.3. The summed E-state index contributed by atoms with van der Waals surface area (Å²) in [5.74, 6) is 0.0441. The molecule has 19 heteroatoms. The van der Waals surface area contributed by atoms with Crippen molar-refractivity contribution < 1.29 is 80.2 Å². The first-order valence-corrected chi connectivity index (χ1v) is 38.4. The summed E-state index contributed by atoms with van der Waals surface area (Å²) in [4.78, 5) is 72.4. The SMILES string of the molecule is CCCCCCCCCCCCCCCCCCC(=O)O[C@H](COC(=O)CCCCCCCCCCC(C)C)COP(=O)(O)OC[C@@H](O)COP(=O)(O)OC[C@@H](COC(=O)CCCCCCCCC(C)CC)OC(=O)CCCCCCCCC(C)CC. The minimum absolute atomic E-state index is 0.102. The highest BCUT2D eigenvalue weighted by molar-refractivity contribution is 7.47. The van der Waals surface area contributed by atoms with E-state index in [0.717, 1.165) is 114 Å². The Labute approximate surface area is 530 Å². The molecule has 3 N–H and O–H groups in total. The maximum atomic E-state index is 13.0. The van der Waals surface area contributed by atoms with Gasteiger partial charge in [-0.15, -0.1) is 0 Å². The number of ether oxygens (including phenoxy) is 4. The molecule has 0 spiro atoms. The topological polar surface area (TPSA) is 237 Å². The Morgan fingerprint density at radius 1 is 0.333 bits per heavy atom. The first-order chi connectivity index (χ1) is 41.8. The minimum atomic E-state index is -4.95. The van der Waals surface area contributed by atoms with Gasteiger partial charge in [-0.05, 0) is 43.4 Å². The summed E-state index contributed by atoms with van der Waals surface area (Å²) in [7, 11) is -9.90. The number of aliphatic hydroxyl groups excluding tert-OH is 1. The Morgan fingerprint density at radius 3 is 0.874 bits per heavy atom. The van der Waals surface area contributed by atoms with Crippen LogP contribution in [-0.2, 0) is 65.4 Å². The predicted molar refractivity (Wildman–Crippen MR) is 349 cm³/mol. The van der Waals surface area contributed by atoms with Crippen molar-refractivity contribution in [2.45, 2.75) is 356 Å². The first kappa shape index (κ1) is 85.1. The van der Waals surface area contributed by atoms with E-state index >= 15 is 0 Å². The Balaban J connectivity index is 5.24. The van der Waals surface area contributed by atoms with Crippen molar-refractivity contribution in [2.75, 3.05) is 39.6 Å². The highest BCUT2D eigenvalue weighted by Crippen LogP contribution is 2.45. The molecule has 4 unspecified atom stereocenters. The lowest BCUT2D eigenvalue weighted by Crippen LogP contribution is -2.30. The molecule has 0 aliphatic carbocycles. The fraction of sp³-hybridized carbons (Fsp3) is 0.941. The van der Waals surface area contributed by atoms with Gasteiger partial charge in [0, 0.05) is 25.7 Å². The van der Waals surface area contributed by atoms with Crippen LogP contribution in [0.2, 0.25) is 0 Å². The van der Waals surface area contributed by atoms with Crippen molar-refractivity contribution >= 4 is 39.5 Å². The fourth-order valence-electron chi connectivity index (χ4n) is 10.1. The number of carbonyl (C=O) groups excluding carboxylic acids is 4. The standard InChI is InChI=1S/C68H132O17P2/c1-8-11-12-13-14-15-16-17-18-19-20-21-22-27-37-44-51-67(72)84-63(55-78-65(70)49-42-35-26-24-23-25-32-39-46-59(4)5)57-82-86(74,75)80-53-62(69)54-81-87(76,77)83-58-64(85-68(73)52-45-38-31-29-34-41-48-61(7)10-3)56-79-66(71)50-43-36-30-28-33-40-47-60(6)9-2/h59-64,69H,8-58H2,1-7H3,(H,74,75)(H,76,77)/t60?,61?,62-,63-,64-/m1/s1. The molecule has 0 saturated heterocycles. The van der Waals surface area contributed by atoms with E-state index in [9.17, 15) is 43.2 Å². The van der Waals surface area contributed by atoms with Crippen molar-refractivity contribution in [3.05, 3.63) is 0 Å². The second-order valence-electron chi connectivity index (χ2n) is 25.5. The van der Waals surface area contributed by atoms with Crippen molar-refractivity contribution in [2.24, 2.45) is 17.8 Å². The largest absolute Gasteiger partial charge is 0.472 e. The molecule has 87 heavy (non-hydrogen) atoms. The molecule has 0 amide bonds. The van der Waals surface area contributed by atoms with Gasteiger partial charge in [-0.25, -0.2) is 9.13 Å². The van der Waals surface area contributed by atoms with E-state index in [-0.39, 0.29) is 25.7 Å². The monoisotopic (exact) mass is 1280 g/mol. The van der Waals surface area contributed by atoms with Crippen LogP contribution in [0, 0.1) is 17.8 Å². The second-order valence-corrected chi connectivity index (χ2v) is 28.4. The third-order valence-electron chi connectivity index (χ3n) is 16.4. The van der Waals surface area contributed by atoms with E-state index in [0.29, 0.717) is 25.7 Å². The van der Waals surface area contributed by atoms with Crippen molar-refractivity contribution in [1.82, 2.24) is 0 Å². The number of unbranched alkanes of at least 4 members (excludes halogenated alkanes) is 32. The van der Waals surface area contributed by atoms with E-state index in [1.54, 1.807) is 0 Å². The summed E-state index contributed by atoms with van der Waals surface area (Å²) in [5.41, 5.74) is 0. The smallest absolute Gasteiger partial charge is 0.462 e. The average Bonchev–Trinajstić information content (AvgIpc) is 3.55. The number of aliphatic hydroxyl groups is 1. The van der Waals surface area contributed by atoms with Crippen molar-refractivity contribution in [3.8, 4) is 0 Å². The number of esters is 4. The lowest BCUT2D eigenvalue weighted by atomic mass is 10.00. The highest BCUT2D eigenvalue weighted by atomic mass is 31.2. The molecule has 0 saturated carbocycles. The van der Waals surface area contributed by atoms with Crippen LogP contribution in [0.5, 0.6) is 0 Å². The van der Waals surface area contributed by atoms with E-state index in [1.807, 2.05) is 0 Å². The zero-order valence-electron chi connectivity index (χ0n) is 56.5. The zero-order chi connectivity index (χ0) is 64.5. The third kappa shape index (κ3) is 60.1. The molecule has 7 atom stereocenters. The Bertz CT molecular complexity index is 1720. The number of carbonyl (C=O) groups is 4. The van der Waals surface area contributed by atoms with Gasteiger partial charge in [0.2, 0.25) is 0 Å². The van der Waals surface area contributed by atoms with Gasteiger partial charge < -0.3 is 33.8 Å². The molecule has 516 valence electrons. The van der Waals surface area contributed by atoms with Crippen LogP contribution < -0.4 is 0 Å². The molecule has 0 bridgehead atoms. The highest BCUT2D eigenvalue weighted by Gasteiger charge is 2.30. The molecule has 0 aliphatic rings. The number of hydrogen-bond acceptors (Lipinski definition) is 15. The minimum Gasteiger partial charge on any atom is -0.462 e. The van der Waals surface area contributed by atoms with Crippen LogP contribution >= 0.6 is 15.6 Å². The molecule has 0 fully saturated rings. The van der Waals surface area contributed by atoms with Crippen LogP contribution in [0.4, 0.5) is 0 Å². The van der Waals surface area contributed by atoms with Gasteiger partial charge in [0.15, 0.2) is 12.2 Å². The average molecular weight is 1280 g/mol. The molecule has 0 rings (SSSR count). The molecule has 0 aromatic heterocycles. The van der Waals surface area contributed by atoms with Crippen LogP contribution in [-0.4, -0.2) is 96.7 Å². The summed E-state index contributed by atoms with van der Waals surface area (Å²) in [6.07, 6.45) is 41.8. The van der Waals surface area contributed by atoms with Gasteiger partial charge in [0.05, 0.1) is 26.4 Å². The maximum Gasteiger partial charge on any atom is 0.472 e. The number of phosphoric acid groups is 2. The number of hydrogen-bond donors (Lipinski definition) is 3. The molecular weight excluding hydrogens is 1150 g/mol. The van der Waals surface area contributed by atoms with E-state index in [4.69, 9.17) is 37.0 Å². The van der Waals surface area contributed by atoms with Gasteiger partial charge >= 0.3 is 39.5 Å². The summed E-state index contributed by atoms with van der Waals surface area (Å²) < 4.78 is 68.2. The summed E-state index contributed by atoms with van der Waals surface area (Å²) >= 11 is 0. The van der Waals surface area contributed by atoms with Gasteiger partial charge in [0.25, 0.3) is 0 Å². The predicted octanol–water partition coefficient (Wildman–Crippen LogP) is 19.1. The van der Waals surface area contributed by atoms with Crippen LogP contribution in [0.1, 0.15) is 337 Å². The molecule has 0 radical (unpaired) electrons. The molecule has 17 nitrogen and oxygen atoms in total. The molecular formula is C68H132O17P2. The van der Waals surface area contributed by atoms with Gasteiger partial charge in [-0.1, -0.05) is 286 Å². The quantitative estimate of drug-likeness (QED) is 0.0222. The molecule has 0 aromatic carbocycles. The van der Waals surface area contributed by atoms with Crippen LogP contribution in [0.15, 0.2) is 0 Å². The lowest BCUT2D eigenvalue weighted by molar-refractivity contribution is -0.161. The summed E-state index contributed by atoms with van der Waals surface area (Å²) in [6.45, 7) is 11.7. The lowest BCUT2D eigenvalue weighted by Gasteiger charge is -2.21. The summed E-state index contributed by atoms with van der Waals surface area (Å²) in [6, 6.07) is 0. The van der Waals surface area contributed by atoms with E-state index in [1.165, 1.54) is 141 Å². The van der Waals surface area contributed by atoms with Gasteiger partial charge in [-0.2, -0.15) is 0 Å². The number of phosphoric ester groups is 2. The Morgan fingerprint density at radius 2 is 0.586 bits per heavy atom. The van der Waals surface area contributed by atoms with Gasteiger partial charge in [0.1, 0.15) is 19.3 Å². The first-order valence-electron chi connectivity index (χ1n) is 35.4. The van der Waals surface area contributed by atoms with Crippen molar-refractivity contribution in [1.29, 1.82) is 0 Å². The number of rotatable bonds is 66. The Kier molecular flexibility index (Phi) is 57.8. The van der Waals surface area contributed by atoms with Crippen molar-refractivity contribution in [3.63, 3.8) is 0 Å². The molecule has 0 aromatic rings. The Hall–Kier alpha value is -1.94. The zero-order valence-corrected chi connectivity index (χ0v) is 58.3. The van der Waals surface area contributed by atoms with E-state index < -0.39 is 97.5 Å². The maximum absolute atomic E-state index is 13.0. The fourth-order valence-corrected chi connectivity index (χ4v) is 11.7. The summed E-state index contributed by atoms with van der Waals surface area (Å²) in [5, 5.41) is 10.6. The van der Waals surface area contributed by atoms with E-state index in [2.05, 4.69) is 48.5 Å². The van der Waals surface area contributed by atoms with Gasteiger partial charge in [-0.3, -0.25) is 37.3 Å². The normalized spacial score (nSPS) is 14.9. The molecule has 0 heterocycles.